The molecule has 86 valence electrons. The van der Waals surface area contributed by atoms with Gasteiger partial charge >= 0.3 is 5.97 Å². The van der Waals surface area contributed by atoms with Crippen LogP contribution in [0.5, 0.6) is 0 Å². The lowest BCUT2D eigenvalue weighted by Crippen LogP contribution is -2.24. The highest BCUT2D eigenvalue weighted by Crippen LogP contribution is 2.45. The summed E-state index contributed by atoms with van der Waals surface area (Å²) in [6.07, 6.45) is 6.82. The van der Waals surface area contributed by atoms with E-state index in [1.54, 1.807) is 12.3 Å². The number of carboxylic acid groups (broad SMARTS) is 1. The van der Waals surface area contributed by atoms with E-state index in [4.69, 9.17) is 5.11 Å². The molecule has 0 aliphatic heterocycles. The predicted molar refractivity (Wildman–Crippen MR) is 60.6 cm³/mol. The fourth-order valence-corrected chi connectivity index (χ4v) is 2.31. The summed E-state index contributed by atoms with van der Waals surface area (Å²) in [5.74, 6) is 1.59. The van der Waals surface area contributed by atoms with Crippen LogP contribution in [0.4, 0.5) is 5.82 Å². The van der Waals surface area contributed by atoms with E-state index < -0.39 is 5.97 Å². The first-order chi connectivity index (χ1) is 7.74. The van der Waals surface area contributed by atoms with E-state index in [1.165, 1.54) is 25.7 Å². The van der Waals surface area contributed by atoms with Crippen molar-refractivity contribution in [3.8, 4) is 0 Å². The zero-order valence-electron chi connectivity index (χ0n) is 9.07. The van der Waals surface area contributed by atoms with Crippen molar-refractivity contribution in [2.75, 3.05) is 5.32 Å². The van der Waals surface area contributed by atoms with E-state index in [9.17, 15) is 4.79 Å². The lowest BCUT2D eigenvalue weighted by atomic mass is 10.1. The molecule has 1 aromatic rings. The molecule has 4 nitrogen and oxygen atoms in total. The lowest BCUT2D eigenvalue weighted by molar-refractivity contribution is 0.0697. The number of aromatic nitrogens is 1. The Labute approximate surface area is 94.1 Å². The first-order valence-corrected chi connectivity index (χ1v) is 5.92. The van der Waals surface area contributed by atoms with E-state index in [1.807, 2.05) is 0 Å². The Hall–Kier alpha value is -1.45. The van der Waals surface area contributed by atoms with Crippen LogP contribution in [0, 0.1) is 11.8 Å². The molecule has 0 radical (unpaired) electrons. The van der Waals surface area contributed by atoms with Crippen molar-refractivity contribution < 1.29 is 9.90 Å². The second-order valence-corrected chi connectivity index (χ2v) is 4.95. The molecule has 0 aromatic carbocycles. The normalized spacial score (nSPS) is 20.1. The Morgan fingerprint density at radius 1 is 1.38 bits per heavy atom. The van der Waals surface area contributed by atoms with Gasteiger partial charge in [0.25, 0.3) is 0 Å². The van der Waals surface area contributed by atoms with Gasteiger partial charge in [-0.25, -0.2) is 4.79 Å². The third-order valence-corrected chi connectivity index (χ3v) is 3.51. The number of H-pyrrole nitrogens is 1. The van der Waals surface area contributed by atoms with Gasteiger partial charge in [-0.15, -0.1) is 0 Å². The van der Waals surface area contributed by atoms with Crippen molar-refractivity contribution in [1.82, 2.24) is 4.98 Å². The molecule has 3 rings (SSSR count). The minimum atomic E-state index is -0.876. The first-order valence-electron chi connectivity index (χ1n) is 5.92. The highest BCUT2D eigenvalue weighted by Gasteiger charge is 2.41. The van der Waals surface area contributed by atoms with Gasteiger partial charge < -0.3 is 15.4 Å². The summed E-state index contributed by atoms with van der Waals surface area (Å²) in [6, 6.07) is 2.24. The summed E-state index contributed by atoms with van der Waals surface area (Å²) >= 11 is 0. The van der Waals surface area contributed by atoms with Crippen LogP contribution in [-0.4, -0.2) is 22.1 Å². The number of hydrogen-bond donors (Lipinski definition) is 3. The van der Waals surface area contributed by atoms with Crippen LogP contribution in [-0.2, 0) is 0 Å². The van der Waals surface area contributed by atoms with E-state index >= 15 is 0 Å². The molecule has 0 unspecified atom stereocenters. The zero-order chi connectivity index (χ0) is 11.1. The van der Waals surface area contributed by atoms with Gasteiger partial charge in [0, 0.05) is 12.2 Å². The largest absolute Gasteiger partial charge is 0.478 e. The van der Waals surface area contributed by atoms with Gasteiger partial charge in [0.15, 0.2) is 0 Å². The molecule has 0 saturated heterocycles. The van der Waals surface area contributed by atoms with Gasteiger partial charge in [0.1, 0.15) is 5.82 Å². The molecular weight excluding hydrogens is 204 g/mol. The average Bonchev–Trinajstić information content (AvgIpc) is 3.15. The summed E-state index contributed by atoms with van der Waals surface area (Å²) in [5.41, 5.74) is 0.327. The summed E-state index contributed by atoms with van der Waals surface area (Å²) in [5, 5.41) is 12.3. The maximum atomic E-state index is 10.7. The first kappa shape index (κ1) is 9.75. The lowest BCUT2D eigenvalue weighted by Gasteiger charge is -2.17. The minimum absolute atomic E-state index is 0.327. The molecule has 3 N–H and O–H groups in total. The van der Waals surface area contributed by atoms with Crippen LogP contribution in [0.2, 0.25) is 0 Å². The number of aromatic carboxylic acids is 1. The second kappa shape index (κ2) is 3.54. The van der Waals surface area contributed by atoms with Gasteiger partial charge in [0.05, 0.1) is 5.56 Å². The van der Waals surface area contributed by atoms with Crippen LogP contribution in [0.1, 0.15) is 36.0 Å². The van der Waals surface area contributed by atoms with Crippen molar-refractivity contribution in [3.05, 3.63) is 17.8 Å². The van der Waals surface area contributed by atoms with E-state index in [2.05, 4.69) is 10.3 Å². The highest BCUT2D eigenvalue weighted by atomic mass is 16.4. The van der Waals surface area contributed by atoms with Crippen molar-refractivity contribution in [3.63, 3.8) is 0 Å². The van der Waals surface area contributed by atoms with Crippen LogP contribution in [0.25, 0.3) is 0 Å². The Morgan fingerprint density at radius 2 is 2.00 bits per heavy atom. The molecule has 2 aliphatic rings. The highest BCUT2D eigenvalue weighted by molar-refractivity contribution is 5.88. The summed E-state index contributed by atoms with van der Waals surface area (Å²) in [7, 11) is 0. The Balaban J connectivity index is 1.69. The molecule has 1 aromatic heterocycles. The molecule has 16 heavy (non-hydrogen) atoms. The maximum absolute atomic E-state index is 10.7. The smallest absolute Gasteiger partial charge is 0.337 e. The van der Waals surface area contributed by atoms with Crippen molar-refractivity contribution in [2.24, 2.45) is 11.8 Å². The molecule has 2 aliphatic carbocycles. The summed E-state index contributed by atoms with van der Waals surface area (Å²) < 4.78 is 0. The van der Waals surface area contributed by atoms with Gasteiger partial charge in [-0.2, -0.15) is 0 Å². The fourth-order valence-electron chi connectivity index (χ4n) is 2.31. The SMILES string of the molecule is O=C(O)c1c[nH]c(NC(C2CC2)C2CC2)c1. The predicted octanol–water partition coefficient (Wildman–Crippen LogP) is 2.31. The standard InChI is InChI=1S/C12H16N2O2/c15-12(16)9-5-10(13-6-9)14-11(7-1-2-7)8-3-4-8/h5-8,11,13-14H,1-4H2,(H,15,16). The molecule has 0 atom stereocenters. The summed E-state index contributed by atoms with van der Waals surface area (Å²) in [4.78, 5) is 13.7. The molecule has 2 saturated carbocycles. The van der Waals surface area contributed by atoms with Gasteiger partial charge in [-0.05, 0) is 43.6 Å². The molecule has 2 fully saturated rings. The summed E-state index contributed by atoms with van der Waals surface area (Å²) in [6.45, 7) is 0. The zero-order valence-corrected chi connectivity index (χ0v) is 9.07. The number of anilines is 1. The van der Waals surface area contributed by atoms with E-state index in [0.29, 0.717) is 11.6 Å². The average molecular weight is 220 g/mol. The van der Waals surface area contributed by atoms with E-state index in [0.717, 1.165) is 17.7 Å². The van der Waals surface area contributed by atoms with Gasteiger partial charge in [-0.1, -0.05) is 0 Å². The third-order valence-electron chi connectivity index (χ3n) is 3.51. The fraction of sp³-hybridized carbons (Fsp3) is 0.583. The third kappa shape index (κ3) is 1.92. The monoisotopic (exact) mass is 220 g/mol. The number of carbonyl (C=O) groups is 1. The van der Waals surface area contributed by atoms with Crippen molar-refractivity contribution >= 4 is 11.8 Å². The molecule has 0 spiro atoms. The van der Waals surface area contributed by atoms with Gasteiger partial charge in [0.2, 0.25) is 0 Å². The van der Waals surface area contributed by atoms with Crippen molar-refractivity contribution in [2.45, 2.75) is 31.7 Å². The van der Waals surface area contributed by atoms with Crippen LogP contribution in [0.15, 0.2) is 12.3 Å². The Morgan fingerprint density at radius 3 is 2.44 bits per heavy atom. The molecular formula is C12H16N2O2. The Kier molecular flexibility index (Phi) is 2.16. The Bertz CT molecular complexity index is 393. The molecule has 4 heteroatoms. The molecule has 1 heterocycles. The van der Waals surface area contributed by atoms with Crippen LogP contribution in [0.3, 0.4) is 0 Å². The maximum Gasteiger partial charge on any atom is 0.337 e. The van der Waals surface area contributed by atoms with Crippen LogP contribution < -0.4 is 5.32 Å². The number of nitrogens with one attached hydrogen (secondary N) is 2. The van der Waals surface area contributed by atoms with Gasteiger partial charge in [-0.3, -0.25) is 0 Å². The number of aromatic amines is 1. The number of hydrogen-bond acceptors (Lipinski definition) is 2. The topological polar surface area (TPSA) is 65.1 Å². The molecule has 0 bridgehead atoms. The second-order valence-electron chi connectivity index (χ2n) is 4.95. The van der Waals surface area contributed by atoms with Crippen LogP contribution >= 0.6 is 0 Å². The minimum Gasteiger partial charge on any atom is -0.478 e. The van der Waals surface area contributed by atoms with Crippen molar-refractivity contribution in [1.29, 1.82) is 0 Å². The number of rotatable bonds is 5. The van der Waals surface area contributed by atoms with E-state index in [-0.39, 0.29) is 0 Å². The molecule has 0 amide bonds. The quantitative estimate of drug-likeness (QED) is 0.713. The number of carboxylic acids is 1.